The quantitative estimate of drug-likeness (QED) is 0.193. The van der Waals surface area contributed by atoms with Gasteiger partial charge in [0.15, 0.2) is 0 Å². The summed E-state index contributed by atoms with van der Waals surface area (Å²) in [5, 5.41) is 5.32. The lowest BCUT2D eigenvalue weighted by Gasteiger charge is -2.40. The standard InChI is InChI=1S/C43H47N5O4/c1-51-43(50)47-39(28-16-18-52-19-17-28)42(49)48-36-15-14-34(22-36)40(48)37-23-35(24-44-37)27-8-6-26(7-9-27)30-10-11-32-21-33(13-12-31(32)20-30)38-25-45-41(46-38)29-4-2-3-5-29/h6-13,20-21,24-25,28-29,34,36,39-40H,2-5,14-19,22-23H2,1H3,(H,45,46)(H,47,50)/t34-,36+,39-,40-/m0/s1. The number of nitrogens with zero attached hydrogens (tertiary/aromatic N) is 3. The number of likely N-dealkylation sites (tertiary alicyclic amines) is 1. The number of benzene rings is 3. The lowest BCUT2D eigenvalue weighted by molar-refractivity contribution is -0.138. The van der Waals surface area contributed by atoms with Crippen molar-refractivity contribution in [3.63, 3.8) is 0 Å². The molecule has 9 nitrogen and oxygen atoms in total. The number of aliphatic imine (C=N–C) groups is 1. The van der Waals surface area contributed by atoms with Gasteiger partial charge in [-0.1, -0.05) is 61.4 Å². The third-order valence-corrected chi connectivity index (χ3v) is 12.5. The summed E-state index contributed by atoms with van der Waals surface area (Å²) in [5.41, 5.74) is 8.00. The van der Waals surface area contributed by atoms with Crippen LogP contribution in [0.3, 0.4) is 0 Å². The number of hydrogen-bond donors (Lipinski definition) is 2. The van der Waals surface area contributed by atoms with E-state index in [1.807, 2.05) is 12.4 Å². The van der Waals surface area contributed by atoms with Crippen molar-refractivity contribution in [3.8, 4) is 22.4 Å². The fraction of sp³-hybridized carbons (Fsp3) is 0.442. The molecule has 3 aliphatic heterocycles. The van der Waals surface area contributed by atoms with Gasteiger partial charge in [-0.3, -0.25) is 9.79 Å². The molecule has 3 aromatic carbocycles. The highest BCUT2D eigenvalue weighted by Crippen LogP contribution is 2.46. The van der Waals surface area contributed by atoms with Gasteiger partial charge < -0.3 is 24.7 Å². The summed E-state index contributed by atoms with van der Waals surface area (Å²) < 4.78 is 10.5. The largest absolute Gasteiger partial charge is 0.453 e. The number of carbonyl (C=O) groups excluding carboxylic acids is 2. The number of H-pyrrole nitrogens is 1. The molecule has 1 aromatic heterocycles. The van der Waals surface area contributed by atoms with E-state index in [2.05, 4.69) is 75.9 Å². The van der Waals surface area contributed by atoms with E-state index >= 15 is 0 Å². The van der Waals surface area contributed by atoms with Crippen molar-refractivity contribution in [2.75, 3.05) is 20.3 Å². The Morgan fingerprint density at radius 1 is 0.885 bits per heavy atom. The van der Waals surface area contributed by atoms with E-state index in [1.54, 1.807) is 0 Å². The highest BCUT2D eigenvalue weighted by Gasteiger charge is 2.52. The minimum absolute atomic E-state index is 0.00336. The van der Waals surface area contributed by atoms with Crippen LogP contribution in [0.2, 0.25) is 0 Å². The van der Waals surface area contributed by atoms with Crippen LogP contribution >= 0.6 is 0 Å². The summed E-state index contributed by atoms with van der Waals surface area (Å²) in [4.78, 5) is 42.1. The van der Waals surface area contributed by atoms with Gasteiger partial charge in [-0.05, 0) is 102 Å². The monoisotopic (exact) mass is 697 g/mol. The molecular weight excluding hydrogens is 651 g/mol. The van der Waals surface area contributed by atoms with Gasteiger partial charge in [0.05, 0.1) is 25.0 Å². The summed E-state index contributed by atoms with van der Waals surface area (Å²) in [6.45, 7) is 1.20. The Balaban J connectivity index is 0.883. The number of ether oxygens (including phenoxy) is 2. The Bertz CT molecular complexity index is 2040. The zero-order valence-corrected chi connectivity index (χ0v) is 29.9. The molecule has 4 atom stereocenters. The van der Waals surface area contributed by atoms with Crippen molar-refractivity contribution in [1.82, 2.24) is 20.2 Å². The number of allylic oxidation sites excluding steroid dienone is 1. The zero-order valence-electron chi connectivity index (χ0n) is 29.9. The zero-order chi connectivity index (χ0) is 35.2. The molecule has 4 fully saturated rings. The van der Waals surface area contributed by atoms with Crippen molar-refractivity contribution in [1.29, 1.82) is 0 Å². The lowest BCUT2D eigenvalue weighted by Crippen LogP contribution is -2.58. The third kappa shape index (κ3) is 6.23. The van der Waals surface area contributed by atoms with Gasteiger partial charge in [-0.2, -0.15) is 0 Å². The number of hydrogen-bond acceptors (Lipinski definition) is 6. The molecule has 2 saturated heterocycles. The van der Waals surface area contributed by atoms with Gasteiger partial charge in [-0.15, -0.1) is 0 Å². The highest BCUT2D eigenvalue weighted by atomic mass is 16.5. The molecule has 52 heavy (non-hydrogen) atoms. The van der Waals surface area contributed by atoms with Crippen LogP contribution in [-0.4, -0.2) is 71.0 Å². The molecule has 2 bridgehead atoms. The molecule has 4 aromatic rings. The maximum Gasteiger partial charge on any atom is 0.407 e. The summed E-state index contributed by atoms with van der Waals surface area (Å²) in [6, 6.07) is 21.6. The van der Waals surface area contributed by atoms with Crippen molar-refractivity contribution >= 4 is 34.1 Å². The number of rotatable bonds is 8. The van der Waals surface area contributed by atoms with E-state index in [0.717, 1.165) is 61.3 Å². The minimum Gasteiger partial charge on any atom is -0.453 e. The van der Waals surface area contributed by atoms with Crippen LogP contribution in [0, 0.1) is 11.8 Å². The number of aromatic nitrogens is 2. The van der Waals surface area contributed by atoms with Gasteiger partial charge in [-0.25, -0.2) is 9.78 Å². The molecule has 9 heteroatoms. The number of aromatic amines is 1. The first-order chi connectivity index (χ1) is 25.5. The summed E-state index contributed by atoms with van der Waals surface area (Å²) in [7, 11) is 1.35. The normalized spacial score (nSPS) is 23.9. The first kappa shape index (κ1) is 33.1. The predicted octanol–water partition coefficient (Wildman–Crippen LogP) is 8.27. The second-order valence-electron chi connectivity index (χ2n) is 15.4. The Morgan fingerprint density at radius 2 is 1.60 bits per heavy atom. The molecule has 5 aliphatic rings. The number of imidazole rings is 1. The first-order valence-electron chi connectivity index (χ1n) is 19.2. The van der Waals surface area contributed by atoms with Gasteiger partial charge >= 0.3 is 6.09 Å². The Kier molecular flexibility index (Phi) is 8.91. The molecule has 2 saturated carbocycles. The first-order valence-corrected chi connectivity index (χ1v) is 19.2. The van der Waals surface area contributed by atoms with Crippen molar-refractivity contribution in [3.05, 3.63) is 84.4 Å². The van der Waals surface area contributed by atoms with Crippen LogP contribution in [0.4, 0.5) is 4.79 Å². The maximum atomic E-state index is 14.3. The number of amides is 2. The second kappa shape index (κ2) is 14.0. The third-order valence-electron chi connectivity index (χ3n) is 12.5. The van der Waals surface area contributed by atoms with Gasteiger partial charge in [0.2, 0.25) is 5.91 Å². The molecule has 2 N–H and O–H groups in total. The molecule has 2 amide bonds. The Hall–Kier alpha value is -4.76. The van der Waals surface area contributed by atoms with E-state index in [1.165, 1.54) is 65.8 Å². The van der Waals surface area contributed by atoms with Crippen molar-refractivity contribution < 1.29 is 19.1 Å². The van der Waals surface area contributed by atoms with Gasteiger partial charge in [0.1, 0.15) is 11.9 Å². The average molecular weight is 698 g/mol. The minimum atomic E-state index is -0.622. The van der Waals surface area contributed by atoms with E-state index in [4.69, 9.17) is 19.5 Å². The maximum absolute atomic E-state index is 14.3. The SMILES string of the molecule is COC(=O)N[C@H](C(=O)N1[C@@H]2CC[C@@H](C2)[C@H]1C1=NC=C(c2ccc(-c3ccc4cc(-c5cnc(C6CCCC6)[nH]5)ccc4c3)cc2)C1)C1CCOCC1. The van der Waals surface area contributed by atoms with Crippen LogP contribution in [0.1, 0.15) is 81.5 Å². The van der Waals surface area contributed by atoms with Gasteiger partial charge in [0.25, 0.3) is 0 Å². The van der Waals surface area contributed by atoms with E-state index in [9.17, 15) is 9.59 Å². The van der Waals surface area contributed by atoms with E-state index in [-0.39, 0.29) is 23.9 Å². The molecule has 4 heterocycles. The number of nitrogens with one attached hydrogen (secondary N) is 2. The fourth-order valence-corrected chi connectivity index (χ4v) is 9.68. The van der Waals surface area contributed by atoms with Crippen LogP contribution in [0.5, 0.6) is 0 Å². The molecule has 0 unspecified atom stereocenters. The molecule has 9 rings (SSSR count). The Labute approximate surface area is 304 Å². The van der Waals surface area contributed by atoms with Crippen LogP contribution in [-0.2, 0) is 14.3 Å². The molecule has 0 spiro atoms. The topological polar surface area (TPSA) is 109 Å². The summed E-state index contributed by atoms with van der Waals surface area (Å²) >= 11 is 0. The molecule has 0 radical (unpaired) electrons. The van der Waals surface area contributed by atoms with E-state index < -0.39 is 12.1 Å². The lowest BCUT2D eigenvalue weighted by atomic mass is 9.87. The second-order valence-corrected chi connectivity index (χ2v) is 15.4. The van der Waals surface area contributed by atoms with Crippen molar-refractivity contribution in [2.45, 2.75) is 88.3 Å². The van der Waals surface area contributed by atoms with Crippen molar-refractivity contribution in [2.24, 2.45) is 16.8 Å². The average Bonchev–Trinajstić information content (AvgIpc) is 4.05. The number of alkyl carbamates (subject to hydrolysis) is 1. The molecular formula is C43H47N5O4. The molecule has 2 aliphatic carbocycles. The van der Waals surface area contributed by atoms with Crippen LogP contribution in [0.25, 0.3) is 38.7 Å². The van der Waals surface area contributed by atoms with Gasteiger partial charge in [0, 0.05) is 49.1 Å². The number of piperidine rings is 1. The number of fused-ring (bicyclic) bond motifs is 3. The molecule has 268 valence electrons. The number of carbonyl (C=O) groups is 2. The predicted molar refractivity (Wildman–Crippen MR) is 203 cm³/mol. The fourth-order valence-electron chi connectivity index (χ4n) is 9.68. The number of methoxy groups -OCH3 is 1. The Morgan fingerprint density at radius 3 is 2.37 bits per heavy atom. The highest BCUT2D eigenvalue weighted by molar-refractivity contribution is 6.04. The van der Waals surface area contributed by atoms with E-state index in [0.29, 0.717) is 25.0 Å². The van der Waals surface area contributed by atoms with Crippen LogP contribution in [0.15, 0.2) is 78.1 Å². The smallest absolute Gasteiger partial charge is 0.407 e. The summed E-state index contributed by atoms with van der Waals surface area (Å²) in [5.74, 6) is 2.12. The van der Waals surface area contributed by atoms with Crippen LogP contribution < -0.4 is 5.32 Å². The summed E-state index contributed by atoms with van der Waals surface area (Å²) in [6.07, 6.45) is 13.8.